The molecule has 226 valence electrons. The predicted molar refractivity (Wildman–Crippen MR) is 157 cm³/mol. The Hall–Kier alpha value is -4.06. The summed E-state index contributed by atoms with van der Waals surface area (Å²) in [5, 5.41) is 16.2. The molecular formula is C31H32F2N4O5S. The summed E-state index contributed by atoms with van der Waals surface area (Å²) in [5.74, 6) is -4.01. The molecule has 5 atom stereocenters. The Morgan fingerprint density at radius 3 is 2.70 bits per heavy atom. The summed E-state index contributed by atoms with van der Waals surface area (Å²) in [6.45, 7) is 0.0614. The number of fused-ring (bicyclic) bond motifs is 3. The second kappa shape index (κ2) is 11.9. The van der Waals surface area contributed by atoms with Gasteiger partial charge in [0.25, 0.3) is 5.19 Å². The molecule has 0 radical (unpaired) electrons. The van der Waals surface area contributed by atoms with Crippen LogP contribution >= 0.6 is 11.3 Å². The highest BCUT2D eigenvalue weighted by atomic mass is 32.1. The van der Waals surface area contributed by atoms with Crippen molar-refractivity contribution in [3.05, 3.63) is 66.3 Å². The molecule has 9 nitrogen and oxygen atoms in total. The van der Waals surface area contributed by atoms with Gasteiger partial charge in [-0.3, -0.25) is 9.59 Å². The molecule has 0 unspecified atom stereocenters. The molecule has 0 bridgehead atoms. The zero-order valence-electron chi connectivity index (χ0n) is 23.3. The largest absolute Gasteiger partial charge is 0.479 e. The number of ether oxygens (including phenoxy) is 1. The van der Waals surface area contributed by atoms with E-state index in [1.807, 2.05) is 36.4 Å². The average Bonchev–Trinajstić information content (AvgIpc) is 3.28. The monoisotopic (exact) mass is 610 g/mol. The van der Waals surface area contributed by atoms with Crippen LogP contribution in [-0.4, -0.2) is 63.0 Å². The number of nitrogens with zero attached hydrogens (tertiary/aromatic N) is 2. The molecule has 2 fully saturated rings. The molecule has 3 N–H and O–H groups in total. The van der Waals surface area contributed by atoms with Gasteiger partial charge in [-0.25, -0.2) is 18.6 Å². The van der Waals surface area contributed by atoms with Crippen LogP contribution in [0.5, 0.6) is 5.19 Å². The van der Waals surface area contributed by atoms with Crippen molar-refractivity contribution in [3.63, 3.8) is 0 Å². The molecule has 2 aliphatic heterocycles. The number of allylic oxidation sites excluding steroid dienone is 1. The highest BCUT2D eigenvalue weighted by molar-refractivity contribution is 7.20. The Balaban J connectivity index is 1.30. The number of rotatable bonds is 5. The van der Waals surface area contributed by atoms with E-state index in [0.29, 0.717) is 18.0 Å². The first-order valence-electron chi connectivity index (χ1n) is 14.5. The van der Waals surface area contributed by atoms with Gasteiger partial charge in [0.05, 0.1) is 16.8 Å². The summed E-state index contributed by atoms with van der Waals surface area (Å²) in [4.78, 5) is 46.1. The number of aromatic nitrogens is 1. The molecule has 1 saturated heterocycles. The lowest BCUT2D eigenvalue weighted by Crippen LogP contribution is -2.55. The SMILES string of the molecule is O=C1N[C@]2(C(=O)O)C[C@H]2/C=C\CCCCC[C@H](Nc2cc(F)cc(F)c2)C(=O)N2C[C@H](Oc3nc4ccccc4s3)C[C@@H]12. The van der Waals surface area contributed by atoms with Crippen LogP contribution in [0.1, 0.15) is 44.9 Å². The number of carboxylic acid groups (broad SMARTS) is 1. The van der Waals surface area contributed by atoms with E-state index in [9.17, 15) is 28.3 Å². The number of nitrogens with one attached hydrogen (secondary N) is 2. The third-order valence-electron chi connectivity index (χ3n) is 8.37. The van der Waals surface area contributed by atoms with E-state index in [2.05, 4.69) is 15.6 Å². The van der Waals surface area contributed by atoms with Crippen LogP contribution in [0.4, 0.5) is 14.5 Å². The van der Waals surface area contributed by atoms with Crippen molar-refractivity contribution in [2.24, 2.45) is 5.92 Å². The molecule has 1 saturated carbocycles. The standard InChI is InChI=1S/C31H32F2N4O5S/c32-19-12-20(33)14-21(13-19)34-24-10-5-3-1-2-4-8-18-16-31(18,29(40)41)36-27(38)25-15-22(17-37(25)28(24)39)42-30-35-23-9-6-7-11-26(23)43-30/h4,6-9,11-14,18,22,24-25,34H,1-3,5,10,15-17H2,(H,36,38)(H,40,41)/b8-4-/t18-,22-,24+,25+,31-/m1/s1. The van der Waals surface area contributed by atoms with Gasteiger partial charge in [-0.15, -0.1) is 0 Å². The van der Waals surface area contributed by atoms with E-state index >= 15 is 0 Å². The van der Waals surface area contributed by atoms with E-state index in [-0.39, 0.29) is 31.0 Å². The normalized spacial score (nSPS) is 28.7. The first-order chi connectivity index (χ1) is 20.7. The van der Waals surface area contributed by atoms with E-state index in [4.69, 9.17) is 4.74 Å². The van der Waals surface area contributed by atoms with Gasteiger partial charge in [0.1, 0.15) is 35.4 Å². The van der Waals surface area contributed by atoms with Crippen LogP contribution in [0, 0.1) is 17.6 Å². The fraction of sp³-hybridized carbons (Fsp3) is 0.419. The maximum atomic E-state index is 14.1. The minimum Gasteiger partial charge on any atom is -0.479 e. The number of carbonyl (C=O) groups excluding carboxylic acids is 2. The molecule has 2 aromatic carbocycles. The van der Waals surface area contributed by atoms with Crippen molar-refractivity contribution in [2.45, 2.75) is 68.7 Å². The lowest BCUT2D eigenvalue weighted by atomic mass is 10.0. The fourth-order valence-electron chi connectivity index (χ4n) is 6.03. The number of carbonyl (C=O) groups is 3. The van der Waals surface area contributed by atoms with Crippen molar-refractivity contribution in [1.82, 2.24) is 15.2 Å². The number of halogens is 2. The second-order valence-corrected chi connectivity index (χ2v) is 12.4. The van der Waals surface area contributed by atoms with Crippen molar-refractivity contribution < 1.29 is 33.0 Å². The summed E-state index contributed by atoms with van der Waals surface area (Å²) in [6.07, 6.45) is 7.01. The van der Waals surface area contributed by atoms with E-state index in [0.717, 1.165) is 47.7 Å². The maximum absolute atomic E-state index is 14.1. The van der Waals surface area contributed by atoms with Crippen LogP contribution < -0.4 is 15.4 Å². The van der Waals surface area contributed by atoms with Crippen LogP contribution in [0.25, 0.3) is 10.2 Å². The molecule has 1 aromatic heterocycles. The molecule has 43 heavy (non-hydrogen) atoms. The van der Waals surface area contributed by atoms with Gasteiger partial charge in [-0.05, 0) is 49.9 Å². The molecule has 3 aromatic rings. The number of hydrogen-bond donors (Lipinski definition) is 3. The molecule has 12 heteroatoms. The van der Waals surface area contributed by atoms with Gasteiger partial charge >= 0.3 is 5.97 Å². The number of anilines is 1. The smallest absolute Gasteiger partial charge is 0.330 e. The molecule has 1 aliphatic carbocycles. The summed E-state index contributed by atoms with van der Waals surface area (Å²) < 4.78 is 35.1. The summed E-state index contributed by atoms with van der Waals surface area (Å²) in [7, 11) is 0. The van der Waals surface area contributed by atoms with Crippen molar-refractivity contribution in [3.8, 4) is 5.19 Å². The molecule has 0 spiro atoms. The predicted octanol–water partition coefficient (Wildman–Crippen LogP) is 4.88. The molecule has 3 heterocycles. The number of aliphatic carboxylic acids is 1. The zero-order chi connectivity index (χ0) is 30.1. The number of thiazole rings is 1. The topological polar surface area (TPSA) is 121 Å². The van der Waals surface area contributed by atoms with Gasteiger partial charge in [0.15, 0.2) is 0 Å². The van der Waals surface area contributed by atoms with Gasteiger partial charge in [-0.1, -0.05) is 48.5 Å². The van der Waals surface area contributed by atoms with Crippen molar-refractivity contribution in [2.75, 3.05) is 11.9 Å². The second-order valence-electron chi connectivity index (χ2n) is 11.4. The van der Waals surface area contributed by atoms with Gasteiger partial charge in [0, 0.05) is 24.1 Å². The van der Waals surface area contributed by atoms with Crippen LogP contribution in [0.2, 0.25) is 0 Å². The first kappa shape index (κ1) is 29.0. The third kappa shape index (κ3) is 6.20. The highest BCUT2D eigenvalue weighted by Crippen LogP contribution is 2.45. The molecule has 2 amide bonds. The van der Waals surface area contributed by atoms with Crippen LogP contribution in [-0.2, 0) is 14.4 Å². The Kier molecular flexibility index (Phi) is 8.04. The van der Waals surface area contributed by atoms with Crippen molar-refractivity contribution in [1.29, 1.82) is 0 Å². The first-order valence-corrected chi connectivity index (χ1v) is 15.3. The number of amides is 2. The number of benzene rings is 2. The quantitative estimate of drug-likeness (QED) is 0.352. The number of hydrogen-bond acceptors (Lipinski definition) is 7. The lowest BCUT2D eigenvalue weighted by molar-refractivity contribution is -0.145. The minimum absolute atomic E-state index is 0.0614. The van der Waals surface area contributed by atoms with Gasteiger partial charge < -0.3 is 25.4 Å². The fourth-order valence-corrected chi connectivity index (χ4v) is 6.91. The molecular weight excluding hydrogens is 578 g/mol. The summed E-state index contributed by atoms with van der Waals surface area (Å²) in [5.41, 5.74) is -0.539. The lowest BCUT2D eigenvalue weighted by Gasteiger charge is -2.30. The maximum Gasteiger partial charge on any atom is 0.330 e. The molecule has 6 rings (SSSR count). The number of para-hydroxylation sites is 1. The van der Waals surface area contributed by atoms with Crippen LogP contribution in [0.15, 0.2) is 54.6 Å². The third-order valence-corrected chi connectivity index (χ3v) is 9.29. The van der Waals surface area contributed by atoms with Crippen molar-refractivity contribution >= 4 is 45.0 Å². The van der Waals surface area contributed by atoms with Crippen LogP contribution in [0.3, 0.4) is 0 Å². The van der Waals surface area contributed by atoms with Gasteiger partial charge in [-0.2, -0.15) is 0 Å². The Morgan fingerprint density at radius 1 is 1.14 bits per heavy atom. The van der Waals surface area contributed by atoms with E-state index < -0.39 is 53.1 Å². The number of carboxylic acids is 1. The van der Waals surface area contributed by atoms with E-state index in [1.54, 1.807) is 0 Å². The van der Waals surface area contributed by atoms with E-state index in [1.165, 1.54) is 16.2 Å². The summed E-state index contributed by atoms with van der Waals surface area (Å²) in [6, 6.07) is 8.67. The average molecular weight is 611 g/mol. The highest BCUT2D eigenvalue weighted by Gasteiger charge is 2.61. The zero-order valence-corrected chi connectivity index (χ0v) is 24.1. The van der Waals surface area contributed by atoms with Gasteiger partial charge in [0.2, 0.25) is 11.8 Å². The summed E-state index contributed by atoms with van der Waals surface area (Å²) >= 11 is 1.36. The molecule has 3 aliphatic rings. The Morgan fingerprint density at radius 2 is 1.93 bits per heavy atom. The Bertz CT molecular complexity index is 1530. The minimum atomic E-state index is -1.43. The Labute approximate surface area is 250 Å².